The molecule has 14 heavy (non-hydrogen) atoms. The van der Waals surface area contributed by atoms with E-state index in [4.69, 9.17) is 10.4 Å². The van der Waals surface area contributed by atoms with Crippen molar-refractivity contribution in [1.82, 2.24) is 4.98 Å². The molecule has 0 saturated heterocycles. The molecular weight excluding hydrogens is 178 g/mol. The monoisotopic (exact) mass is 191 g/mol. The zero-order valence-electron chi connectivity index (χ0n) is 8.12. The van der Waals surface area contributed by atoms with Gasteiger partial charge in [0, 0.05) is 19.3 Å². The van der Waals surface area contributed by atoms with E-state index < -0.39 is 0 Å². The zero-order chi connectivity index (χ0) is 10.4. The smallest absolute Gasteiger partial charge is 0.128 e. The lowest BCUT2D eigenvalue weighted by Crippen LogP contribution is -2.06. The fourth-order valence-electron chi connectivity index (χ4n) is 1.11. The lowest BCUT2D eigenvalue weighted by atomic mass is 10.2. The van der Waals surface area contributed by atoms with Crippen LogP contribution < -0.4 is 5.32 Å². The Morgan fingerprint density at radius 2 is 2.43 bits per heavy atom. The summed E-state index contributed by atoms with van der Waals surface area (Å²) in [4.78, 5) is 4.11. The molecule has 1 aromatic rings. The molecule has 1 aromatic heterocycles. The van der Waals surface area contributed by atoms with E-state index in [2.05, 4.69) is 10.3 Å². The van der Waals surface area contributed by atoms with Gasteiger partial charge in [-0.3, -0.25) is 0 Å². The van der Waals surface area contributed by atoms with E-state index in [0.717, 1.165) is 11.4 Å². The Bertz CT molecular complexity index is 344. The minimum absolute atomic E-state index is 0.169. The highest BCUT2D eigenvalue weighted by molar-refractivity contribution is 5.46. The summed E-state index contributed by atoms with van der Waals surface area (Å²) in [5, 5.41) is 20.3. The number of anilines is 1. The Morgan fingerprint density at radius 3 is 3.00 bits per heavy atom. The number of nitrogens with zero attached hydrogens (tertiary/aromatic N) is 2. The van der Waals surface area contributed by atoms with Crippen molar-refractivity contribution in [1.29, 1.82) is 5.26 Å². The Labute approximate surface area is 83.2 Å². The van der Waals surface area contributed by atoms with Crippen molar-refractivity contribution in [3.8, 4) is 6.07 Å². The number of rotatable bonds is 4. The number of aromatic nitrogens is 1. The Balaban J connectivity index is 2.65. The molecule has 0 bridgehead atoms. The third-order valence-corrected chi connectivity index (χ3v) is 1.83. The SMILES string of the molecule is Cc1cc(C#N)cnc1NCCCO. The van der Waals surface area contributed by atoms with Gasteiger partial charge in [-0.05, 0) is 25.0 Å². The molecule has 1 rings (SSSR count). The van der Waals surface area contributed by atoms with Crippen molar-refractivity contribution in [3.63, 3.8) is 0 Å². The molecule has 0 radical (unpaired) electrons. The highest BCUT2D eigenvalue weighted by Gasteiger charge is 1.99. The maximum Gasteiger partial charge on any atom is 0.128 e. The molecule has 0 unspecified atom stereocenters. The van der Waals surface area contributed by atoms with Crippen LogP contribution in [0, 0.1) is 18.3 Å². The molecule has 0 aliphatic rings. The van der Waals surface area contributed by atoms with E-state index in [1.807, 2.05) is 13.0 Å². The third-order valence-electron chi connectivity index (χ3n) is 1.83. The first kappa shape index (κ1) is 10.5. The molecule has 0 saturated carbocycles. The Morgan fingerprint density at radius 1 is 1.64 bits per heavy atom. The summed E-state index contributed by atoms with van der Waals surface area (Å²) >= 11 is 0. The Hall–Kier alpha value is -1.60. The van der Waals surface area contributed by atoms with E-state index >= 15 is 0 Å². The fourth-order valence-corrected chi connectivity index (χ4v) is 1.11. The number of hydrogen-bond acceptors (Lipinski definition) is 4. The summed E-state index contributed by atoms with van der Waals surface area (Å²) in [6, 6.07) is 3.82. The van der Waals surface area contributed by atoms with Gasteiger partial charge in [-0.25, -0.2) is 4.98 Å². The maximum absolute atomic E-state index is 8.62. The van der Waals surface area contributed by atoms with Crippen molar-refractivity contribution in [2.45, 2.75) is 13.3 Å². The predicted molar refractivity (Wildman–Crippen MR) is 53.9 cm³/mol. The quantitative estimate of drug-likeness (QED) is 0.698. The largest absolute Gasteiger partial charge is 0.396 e. The van der Waals surface area contributed by atoms with E-state index in [9.17, 15) is 0 Å². The van der Waals surface area contributed by atoms with E-state index in [1.54, 1.807) is 6.07 Å². The first-order valence-electron chi connectivity index (χ1n) is 4.49. The minimum atomic E-state index is 0.169. The van der Waals surface area contributed by atoms with Gasteiger partial charge in [-0.1, -0.05) is 0 Å². The molecule has 0 spiro atoms. The van der Waals surface area contributed by atoms with Crippen LogP contribution in [-0.2, 0) is 0 Å². The topological polar surface area (TPSA) is 68.9 Å². The van der Waals surface area contributed by atoms with Gasteiger partial charge >= 0.3 is 0 Å². The van der Waals surface area contributed by atoms with Crippen LogP contribution in [0.5, 0.6) is 0 Å². The molecule has 1 heterocycles. The highest BCUT2D eigenvalue weighted by atomic mass is 16.3. The maximum atomic E-state index is 8.62. The lowest BCUT2D eigenvalue weighted by Gasteiger charge is -2.07. The van der Waals surface area contributed by atoms with Gasteiger partial charge < -0.3 is 10.4 Å². The van der Waals surface area contributed by atoms with Crippen molar-refractivity contribution >= 4 is 5.82 Å². The van der Waals surface area contributed by atoms with Crippen LogP contribution in [0.2, 0.25) is 0 Å². The number of aliphatic hydroxyl groups excluding tert-OH is 1. The summed E-state index contributed by atoms with van der Waals surface area (Å²) in [5.41, 5.74) is 1.51. The van der Waals surface area contributed by atoms with Crippen LogP contribution in [0.3, 0.4) is 0 Å². The molecule has 0 atom stereocenters. The molecular formula is C10H13N3O. The molecule has 4 heteroatoms. The molecule has 0 aliphatic heterocycles. The third kappa shape index (κ3) is 2.71. The van der Waals surface area contributed by atoms with Gasteiger partial charge in [0.05, 0.1) is 5.56 Å². The van der Waals surface area contributed by atoms with Crippen molar-refractivity contribution < 1.29 is 5.11 Å². The van der Waals surface area contributed by atoms with E-state index in [0.29, 0.717) is 18.5 Å². The van der Waals surface area contributed by atoms with E-state index in [-0.39, 0.29) is 6.61 Å². The average molecular weight is 191 g/mol. The Kier molecular flexibility index (Phi) is 3.89. The molecule has 0 amide bonds. The van der Waals surface area contributed by atoms with Crippen molar-refractivity contribution in [2.75, 3.05) is 18.5 Å². The summed E-state index contributed by atoms with van der Waals surface area (Å²) in [6.07, 6.45) is 2.23. The van der Waals surface area contributed by atoms with Gasteiger partial charge in [-0.2, -0.15) is 5.26 Å². The van der Waals surface area contributed by atoms with Crippen LogP contribution in [0.15, 0.2) is 12.3 Å². The number of nitrogens with one attached hydrogen (secondary N) is 1. The molecule has 4 nitrogen and oxygen atoms in total. The number of nitriles is 1. The fraction of sp³-hybridized carbons (Fsp3) is 0.400. The summed E-state index contributed by atoms with van der Waals surface area (Å²) in [5.74, 6) is 0.775. The van der Waals surface area contributed by atoms with Gasteiger partial charge in [0.25, 0.3) is 0 Å². The number of hydrogen-bond donors (Lipinski definition) is 2. The lowest BCUT2D eigenvalue weighted by molar-refractivity contribution is 0.292. The second-order valence-electron chi connectivity index (χ2n) is 3.01. The number of pyridine rings is 1. The standard InChI is InChI=1S/C10H13N3O/c1-8-5-9(6-11)7-13-10(8)12-3-2-4-14/h5,7,14H,2-4H2,1H3,(H,12,13). The minimum Gasteiger partial charge on any atom is -0.396 e. The predicted octanol–water partition coefficient (Wildman–Crippen LogP) is 1.06. The van der Waals surface area contributed by atoms with Crippen molar-refractivity contribution in [2.24, 2.45) is 0 Å². The summed E-state index contributed by atoms with van der Waals surface area (Å²) in [6.45, 7) is 2.76. The number of aliphatic hydroxyl groups is 1. The van der Waals surface area contributed by atoms with Crippen LogP contribution in [0.4, 0.5) is 5.82 Å². The van der Waals surface area contributed by atoms with Crippen LogP contribution in [0.1, 0.15) is 17.5 Å². The second kappa shape index (κ2) is 5.20. The van der Waals surface area contributed by atoms with Crippen LogP contribution in [-0.4, -0.2) is 23.2 Å². The summed E-state index contributed by atoms with van der Waals surface area (Å²) < 4.78 is 0. The average Bonchev–Trinajstić information content (AvgIpc) is 2.20. The molecule has 0 fully saturated rings. The summed E-state index contributed by atoms with van der Waals surface area (Å²) in [7, 11) is 0. The highest BCUT2D eigenvalue weighted by Crippen LogP contribution is 2.11. The van der Waals surface area contributed by atoms with E-state index in [1.165, 1.54) is 6.20 Å². The normalized spacial score (nSPS) is 9.50. The van der Waals surface area contributed by atoms with Gasteiger partial charge in [0.2, 0.25) is 0 Å². The first-order chi connectivity index (χ1) is 6.77. The first-order valence-corrected chi connectivity index (χ1v) is 4.49. The van der Waals surface area contributed by atoms with Crippen molar-refractivity contribution in [3.05, 3.63) is 23.4 Å². The molecule has 0 aliphatic carbocycles. The van der Waals surface area contributed by atoms with Crippen LogP contribution >= 0.6 is 0 Å². The second-order valence-corrected chi connectivity index (χ2v) is 3.01. The zero-order valence-corrected chi connectivity index (χ0v) is 8.12. The molecule has 0 aromatic carbocycles. The number of aryl methyl sites for hydroxylation is 1. The van der Waals surface area contributed by atoms with Crippen LogP contribution in [0.25, 0.3) is 0 Å². The van der Waals surface area contributed by atoms with Gasteiger partial charge in [0.15, 0.2) is 0 Å². The van der Waals surface area contributed by atoms with Gasteiger partial charge in [0.1, 0.15) is 11.9 Å². The molecule has 2 N–H and O–H groups in total. The molecule has 74 valence electrons. The van der Waals surface area contributed by atoms with Gasteiger partial charge in [-0.15, -0.1) is 0 Å².